The molecule has 2 heterocycles. The average molecular weight is 486 g/mol. The van der Waals surface area contributed by atoms with Crippen molar-refractivity contribution in [3.63, 3.8) is 0 Å². The highest BCUT2D eigenvalue weighted by atomic mass is 16.5. The summed E-state index contributed by atoms with van der Waals surface area (Å²) in [6.07, 6.45) is 2.04. The zero-order chi connectivity index (χ0) is 25.5. The maximum atomic E-state index is 12.0. The molecule has 9 heteroatoms. The van der Waals surface area contributed by atoms with E-state index in [1.165, 1.54) is 0 Å². The van der Waals surface area contributed by atoms with E-state index in [-0.39, 0.29) is 11.8 Å². The number of fused-ring (bicyclic) bond motifs is 1. The number of amidine groups is 1. The Balaban J connectivity index is 1.49. The van der Waals surface area contributed by atoms with Gasteiger partial charge < -0.3 is 25.3 Å². The summed E-state index contributed by atoms with van der Waals surface area (Å²) in [6, 6.07) is 19.4. The van der Waals surface area contributed by atoms with E-state index >= 15 is 0 Å². The van der Waals surface area contributed by atoms with Crippen LogP contribution in [0.15, 0.2) is 66.9 Å². The summed E-state index contributed by atoms with van der Waals surface area (Å²) >= 11 is 0. The van der Waals surface area contributed by atoms with Gasteiger partial charge in [0.15, 0.2) is 0 Å². The Morgan fingerprint density at radius 2 is 1.97 bits per heavy atom. The van der Waals surface area contributed by atoms with Crippen molar-refractivity contribution in [3.8, 4) is 0 Å². The number of esters is 1. The van der Waals surface area contributed by atoms with Crippen LogP contribution in [0.2, 0.25) is 0 Å². The molecule has 0 saturated carbocycles. The molecule has 4 rings (SSSR count). The number of nitrogens with two attached hydrogens (primary N) is 1. The summed E-state index contributed by atoms with van der Waals surface area (Å²) in [4.78, 5) is 23.4. The quantitative estimate of drug-likeness (QED) is 0.168. The first-order valence-corrected chi connectivity index (χ1v) is 11.9. The third-order valence-corrected chi connectivity index (χ3v) is 5.92. The summed E-state index contributed by atoms with van der Waals surface area (Å²) in [5.74, 6) is 1.55. The number of hydrogen-bond acceptors (Lipinski definition) is 7. The van der Waals surface area contributed by atoms with E-state index in [1.54, 1.807) is 6.20 Å². The molecule has 0 radical (unpaired) electrons. The van der Waals surface area contributed by atoms with Crippen LogP contribution in [0.25, 0.3) is 11.0 Å². The molecule has 0 fully saturated rings. The van der Waals surface area contributed by atoms with Gasteiger partial charge in [0.05, 0.1) is 30.6 Å². The molecule has 0 aliphatic carbocycles. The third-order valence-electron chi connectivity index (χ3n) is 5.92. The van der Waals surface area contributed by atoms with Gasteiger partial charge in [0, 0.05) is 37.6 Å². The summed E-state index contributed by atoms with van der Waals surface area (Å²) in [6.45, 7) is 3.84. The Hall–Kier alpha value is -4.40. The number of hydrogen-bond donors (Lipinski definition) is 3. The van der Waals surface area contributed by atoms with Gasteiger partial charge in [-0.1, -0.05) is 12.1 Å². The second-order valence-corrected chi connectivity index (χ2v) is 8.42. The molecule has 0 aliphatic heterocycles. The number of ether oxygens (including phenoxy) is 1. The fourth-order valence-corrected chi connectivity index (χ4v) is 4.00. The number of aryl methyl sites for hydroxylation is 1. The Morgan fingerprint density at radius 1 is 1.17 bits per heavy atom. The van der Waals surface area contributed by atoms with E-state index in [0.717, 1.165) is 33.9 Å². The lowest BCUT2D eigenvalue weighted by Gasteiger charge is -2.23. The van der Waals surface area contributed by atoms with Crippen molar-refractivity contribution in [2.75, 3.05) is 23.4 Å². The number of benzene rings is 2. The van der Waals surface area contributed by atoms with Gasteiger partial charge >= 0.3 is 5.97 Å². The molecule has 2 aromatic carbocycles. The van der Waals surface area contributed by atoms with E-state index in [2.05, 4.69) is 38.0 Å². The molecule has 0 spiro atoms. The molecule has 0 bridgehead atoms. The van der Waals surface area contributed by atoms with Gasteiger partial charge in [0.25, 0.3) is 0 Å². The van der Waals surface area contributed by atoms with Crippen LogP contribution in [0.1, 0.15) is 30.3 Å². The van der Waals surface area contributed by atoms with Crippen molar-refractivity contribution in [1.29, 1.82) is 5.41 Å². The van der Waals surface area contributed by atoms with E-state index in [0.29, 0.717) is 38.2 Å². The van der Waals surface area contributed by atoms with E-state index in [1.807, 2.05) is 56.4 Å². The predicted octanol–water partition coefficient (Wildman–Crippen LogP) is 3.82. The number of carbonyl (C=O) groups excluding carboxylic acids is 1. The number of nitrogens with one attached hydrogen (secondary N) is 2. The largest absolute Gasteiger partial charge is 0.466 e. The van der Waals surface area contributed by atoms with Crippen molar-refractivity contribution >= 4 is 34.3 Å². The van der Waals surface area contributed by atoms with Crippen LogP contribution in [-0.4, -0.2) is 39.5 Å². The minimum atomic E-state index is -0.216. The van der Waals surface area contributed by atoms with Crippen LogP contribution in [0.4, 0.5) is 11.5 Å². The third kappa shape index (κ3) is 5.99. The molecule has 186 valence electrons. The summed E-state index contributed by atoms with van der Waals surface area (Å²) < 4.78 is 7.18. The van der Waals surface area contributed by atoms with Gasteiger partial charge in [-0.15, -0.1) is 0 Å². The molecular formula is C27H31N7O2. The Labute approximate surface area is 210 Å². The van der Waals surface area contributed by atoms with Crippen LogP contribution in [0.5, 0.6) is 0 Å². The second-order valence-electron chi connectivity index (χ2n) is 8.42. The topological polar surface area (TPSA) is 122 Å². The Morgan fingerprint density at radius 3 is 2.67 bits per heavy atom. The fraction of sp³-hybridized carbons (Fsp3) is 0.259. The highest BCUT2D eigenvalue weighted by Crippen LogP contribution is 2.21. The monoisotopic (exact) mass is 485 g/mol. The molecule has 4 aromatic rings. The van der Waals surface area contributed by atoms with Gasteiger partial charge in [0.2, 0.25) is 0 Å². The minimum Gasteiger partial charge on any atom is -0.466 e. The van der Waals surface area contributed by atoms with Crippen molar-refractivity contribution < 1.29 is 9.53 Å². The molecule has 9 nitrogen and oxygen atoms in total. The van der Waals surface area contributed by atoms with E-state index in [4.69, 9.17) is 20.9 Å². The summed E-state index contributed by atoms with van der Waals surface area (Å²) in [7, 11) is 2.00. The highest BCUT2D eigenvalue weighted by molar-refractivity contribution is 5.95. The normalized spacial score (nSPS) is 10.8. The second kappa shape index (κ2) is 11.4. The SMILES string of the molecule is CCOC(=O)CCN(Cc1ccc2c(c1)nc(CNc1ccc(C(=N)N)cc1)n2C)c1ccccn1. The zero-order valence-electron chi connectivity index (χ0n) is 20.6. The maximum absolute atomic E-state index is 12.0. The van der Waals surface area contributed by atoms with Crippen LogP contribution >= 0.6 is 0 Å². The van der Waals surface area contributed by atoms with Crippen molar-refractivity contribution in [3.05, 3.63) is 83.8 Å². The predicted molar refractivity (Wildman–Crippen MR) is 142 cm³/mol. The maximum Gasteiger partial charge on any atom is 0.307 e. The molecule has 36 heavy (non-hydrogen) atoms. The van der Waals surface area contributed by atoms with Crippen molar-refractivity contribution in [2.45, 2.75) is 26.4 Å². The minimum absolute atomic E-state index is 0.0511. The fourth-order valence-electron chi connectivity index (χ4n) is 4.00. The average Bonchev–Trinajstić information content (AvgIpc) is 3.20. The lowest BCUT2D eigenvalue weighted by atomic mass is 10.1. The standard InChI is InChI=1S/C27H31N7O2/c1-3-36-26(35)13-15-34(24-6-4-5-14-30-24)18-19-7-12-23-22(16-19)32-25(33(23)2)17-31-21-10-8-20(9-11-21)27(28)29/h4-12,14,16,31H,3,13,15,17-18H2,1-2H3,(H3,28,29). The molecule has 0 amide bonds. The van der Waals surface area contributed by atoms with Crippen LogP contribution in [0.3, 0.4) is 0 Å². The highest BCUT2D eigenvalue weighted by Gasteiger charge is 2.14. The first kappa shape index (κ1) is 24.7. The van der Waals surface area contributed by atoms with Crippen LogP contribution in [-0.2, 0) is 29.7 Å². The van der Waals surface area contributed by atoms with Gasteiger partial charge in [-0.2, -0.15) is 0 Å². The zero-order valence-corrected chi connectivity index (χ0v) is 20.6. The molecule has 4 N–H and O–H groups in total. The number of anilines is 2. The molecular weight excluding hydrogens is 454 g/mol. The van der Waals surface area contributed by atoms with Gasteiger partial charge in [0.1, 0.15) is 17.5 Å². The van der Waals surface area contributed by atoms with Gasteiger partial charge in [-0.05, 0) is 61.0 Å². The summed E-state index contributed by atoms with van der Waals surface area (Å²) in [5.41, 5.74) is 10.2. The molecule has 0 atom stereocenters. The lowest BCUT2D eigenvalue weighted by Crippen LogP contribution is -2.27. The van der Waals surface area contributed by atoms with Crippen LogP contribution in [0, 0.1) is 5.41 Å². The summed E-state index contributed by atoms with van der Waals surface area (Å²) in [5, 5.41) is 10.9. The molecule has 0 aliphatic rings. The number of pyridine rings is 1. The number of imidazole rings is 1. The van der Waals surface area contributed by atoms with Gasteiger partial charge in [-0.25, -0.2) is 9.97 Å². The van der Waals surface area contributed by atoms with Crippen molar-refractivity contribution in [2.24, 2.45) is 12.8 Å². The smallest absolute Gasteiger partial charge is 0.307 e. The molecule has 2 aromatic heterocycles. The van der Waals surface area contributed by atoms with Gasteiger partial charge in [-0.3, -0.25) is 10.2 Å². The van der Waals surface area contributed by atoms with Crippen molar-refractivity contribution in [1.82, 2.24) is 14.5 Å². The van der Waals surface area contributed by atoms with Crippen LogP contribution < -0.4 is 16.0 Å². The number of carbonyl (C=O) groups is 1. The Kier molecular flexibility index (Phi) is 7.79. The first-order valence-electron chi connectivity index (χ1n) is 11.9. The number of nitrogen functional groups attached to an aromatic ring is 1. The Bertz CT molecular complexity index is 1330. The number of aromatic nitrogens is 3. The molecule has 0 saturated heterocycles. The number of rotatable bonds is 11. The number of nitrogens with zero attached hydrogens (tertiary/aromatic N) is 4. The molecule has 0 unspecified atom stereocenters. The van der Waals surface area contributed by atoms with E-state index in [9.17, 15) is 4.79 Å². The van der Waals surface area contributed by atoms with E-state index < -0.39 is 0 Å². The first-order chi connectivity index (χ1) is 17.4. The lowest BCUT2D eigenvalue weighted by molar-refractivity contribution is -0.142.